The van der Waals surface area contributed by atoms with Crippen LogP contribution >= 0.6 is 0 Å². The van der Waals surface area contributed by atoms with Gasteiger partial charge >= 0.3 is 12.0 Å². The number of nitrogens with one attached hydrogen (secondary N) is 2. The number of hydrogen-bond donors (Lipinski definition) is 2. The number of amides is 2. The summed E-state index contributed by atoms with van der Waals surface area (Å²) in [5.41, 5.74) is -0.186. The van der Waals surface area contributed by atoms with E-state index in [0.29, 0.717) is 11.6 Å². The first-order valence-electron chi connectivity index (χ1n) is 6.00. The van der Waals surface area contributed by atoms with Crippen LogP contribution in [0.4, 0.5) is 10.6 Å². The average molecular weight is 269 g/mol. The molecular formula is C12H19N3O4. The molecule has 7 heteroatoms. The largest absolute Gasteiger partial charge is 0.465 e. The van der Waals surface area contributed by atoms with E-state index in [1.165, 1.54) is 0 Å². The third-order valence-electron chi connectivity index (χ3n) is 2.19. The van der Waals surface area contributed by atoms with Crippen molar-refractivity contribution in [2.45, 2.75) is 33.1 Å². The fourth-order valence-corrected chi connectivity index (χ4v) is 1.21. The molecule has 1 aromatic heterocycles. The maximum absolute atomic E-state index is 11.5. The SMILES string of the molecule is CCOC(=O)CNC(=O)Nc1cc(C(C)(C)C)on1. The highest BCUT2D eigenvalue weighted by Gasteiger charge is 2.20. The van der Waals surface area contributed by atoms with Gasteiger partial charge in [-0.15, -0.1) is 0 Å². The third-order valence-corrected chi connectivity index (χ3v) is 2.19. The molecule has 0 aromatic carbocycles. The van der Waals surface area contributed by atoms with Crippen molar-refractivity contribution in [3.63, 3.8) is 0 Å². The summed E-state index contributed by atoms with van der Waals surface area (Å²) in [6.07, 6.45) is 0. The number of hydrogen-bond acceptors (Lipinski definition) is 5. The molecular weight excluding hydrogens is 250 g/mol. The van der Waals surface area contributed by atoms with Crippen LogP contribution in [0.15, 0.2) is 10.6 Å². The molecule has 0 aliphatic carbocycles. The molecule has 0 saturated heterocycles. The smallest absolute Gasteiger partial charge is 0.325 e. The first-order chi connectivity index (χ1) is 8.82. The van der Waals surface area contributed by atoms with E-state index in [4.69, 9.17) is 4.52 Å². The van der Waals surface area contributed by atoms with Crippen molar-refractivity contribution >= 4 is 17.8 Å². The Morgan fingerprint density at radius 1 is 1.42 bits per heavy atom. The van der Waals surface area contributed by atoms with Gasteiger partial charge < -0.3 is 14.6 Å². The minimum Gasteiger partial charge on any atom is -0.465 e. The van der Waals surface area contributed by atoms with Crippen LogP contribution < -0.4 is 10.6 Å². The van der Waals surface area contributed by atoms with E-state index in [1.54, 1.807) is 13.0 Å². The molecule has 1 rings (SSSR count). The van der Waals surface area contributed by atoms with E-state index in [9.17, 15) is 9.59 Å². The quantitative estimate of drug-likeness (QED) is 0.811. The standard InChI is InChI=1S/C12H19N3O4/c1-5-18-10(16)7-13-11(17)14-9-6-8(19-15-9)12(2,3)4/h6H,5,7H2,1-4H3,(H2,13,14,15,17). The van der Waals surface area contributed by atoms with E-state index in [1.807, 2.05) is 20.8 Å². The van der Waals surface area contributed by atoms with Gasteiger partial charge in [-0.3, -0.25) is 10.1 Å². The Kier molecular flexibility index (Phi) is 4.91. The molecule has 106 valence electrons. The van der Waals surface area contributed by atoms with Crippen molar-refractivity contribution in [2.75, 3.05) is 18.5 Å². The van der Waals surface area contributed by atoms with Gasteiger partial charge in [0, 0.05) is 11.5 Å². The Morgan fingerprint density at radius 2 is 2.11 bits per heavy atom. The molecule has 0 unspecified atom stereocenters. The number of ether oxygens (including phenoxy) is 1. The predicted molar refractivity (Wildman–Crippen MR) is 68.9 cm³/mol. The highest BCUT2D eigenvalue weighted by Crippen LogP contribution is 2.24. The molecule has 0 fully saturated rings. The summed E-state index contributed by atoms with van der Waals surface area (Å²) in [5, 5.41) is 8.55. The molecule has 2 N–H and O–H groups in total. The molecule has 2 amide bonds. The van der Waals surface area contributed by atoms with E-state index in [0.717, 1.165) is 0 Å². The zero-order valence-corrected chi connectivity index (χ0v) is 11.6. The molecule has 1 heterocycles. The molecule has 0 bridgehead atoms. The van der Waals surface area contributed by atoms with Crippen LogP contribution in [0.5, 0.6) is 0 Å². The van der Waals surface area contributed by atoms with Gasteiger partial charge in [-0.2, -0.15) is 0 Å². The van der Waals surface area contributed by atoms with Gasteiger partial charge in [0.1, 0.15) is 12.3 Å². The number of aromatic nitrogens is 1. The lowest BCUT2D eigenvalue weighted by molar-refractivity contribution is -0.141. The highest BCUT2D eigenvalue weighted by atomic mass is 16.5. The van der Waals surface area contributed by atoms with Crippen molar-refractivity contribution in [2.24, 2.45) is 0 Å². The summed E-state index contributed by atoms with van der Waals surface area (Å²) in [6, 6.07) is 1.10. The Labute approximate surface area is 111 Å². The number of nitrogens with zero attached hydrogens (tertiary/aromatic N) is 1. The van der Waals surface area contributed by atoms with Gasteiger partial charge in [-0.05, 0) is 6.92 Å². The van der Waals surface area contributed by atoms with Crippen LogP contribution in [0.1, 0.15) is 33.5 Å². The predicted octanol–water partition coefficient (Wildman–Crippen LogP) is 1.66. The molecule has 0 spiro atoms. The Hall–Kier alpha value is -2.05. The molecule has 0 aliphatic rings. The van der Waals surface area contributed by atoms with Crippen LogP contribution in [0.2, 0.25) is 0 Å². The van der Waals surface area contributed by atoms with Crippen LogP contribution in [-0.2, 0) is 14.9 Å². The van der Waals surface area contributed by atoms with Crippen LogP contribution in [0.3, 0.4) is 0 Å². The summed E-state index contributed by atoms with van der Waals surface area (Å²) in [5.74, 6) is 0.465. The van der Waals surface area contributed by atoms with Crippen molar-refractivity contribution in [3.8, 4) is 0 Å². The van der Waals surface area contributed by atoms with Gasteiger partial charge in [0.05, 0.1) is 6.61 Å². The fraction of sp³-hybridized carbons (Fsp3) is 0.583. The first-order valence-corrected chi connectivity index (χ1v) is 6.00. The molecule has 0 aliphatic heterocycles. The maximum atomic E-state index is 11.5. The second-order valence-corrected chi connectivity index (χ2v) is 4.94. The number of carbonyl (C=O) groups excluding carboxylic acids is 2. The van der Waals surface area contributed by atoms with E-state index in [-0.39, 0.29) is 18.6 Å². The fourth-order valence-electron chi connectivity index (χ4n) is 1.21. The lowest BCUT2D eigenvalue weighted by Gasteiger charge is -2.12. The zero-order chi connectivity index (χ0) is 14.5. The van der Waals surface area contributed by atoms with Crippen molar-refractivity contribution in [3.05, 3.63) is 11.8 Å². The number of carbonyl (C=O) groups is 2. The second-order valence-electron chi connectivity index (χ2n) is 4.94. The van der Waals surface area contributed by atoms with Gasteiger partial charge in [-0.25, -0.2) is 4.79 Å². The minimum atomic E-state index is -0.540. The minimum absolute atomic E-state index is 0.186. The van der Waals surface area contributed by atoms with E-state index < -0.39 is 12.0 Å². The number of esters is 1. The van der Waals surface area contributed by atoms with Crippen molar-refractivity contribution < 1.29 is 18.8 Å². The van der Waals surface area contributed by atoms with Gasteiger partial charge in [-0.1, -0.05) is 25.9 Å². The van der Waals surface area contributed by atoms with Gasteiger partial charge in [0.15, 0.2) is 5.82 Å². The Balaban J connectivity index is 2.45. The summed E-state index contributed by atoms with van der Waals surface area (Å²) < 4.78 is 9.79. The lowest BCUT2D eigenvalue weighted by atomic mass is 9.93. The maximum Gasteiger partial charge on any atom is 0.325 e. The molecule has 1 aromatic rings. The molecule has 19 heavy (non-hydrogen) atoms. The normalized spacial score (nSPS) is 10.9. The lowest BCUT2D eigenvalue weighted by Crippen LogP contribution is -2.34. The topological polar surface area (TPSA) is 93.5 Å². The molecule has 0 radical (unpaired) electrons. The monoisotopic (exact) mass is 269 g/mol. The van der Waals surface area contributed by atoms with Crippen LogP contribution in [0, 0.1) is 0 Å². The summed E-state index contributed by atoms with van der Waals surface area (Å²) in [7, 11) is 0. The summed E-state index contributed by atoms with van der Waals surface area (Å²) in [6.45, 7) is 7.69. The molecule has 7 nitrogen and oxygen atoms in total. The van der Waals surface area contributed by atoms with Crippen molar-refractivity contribution in [1.82, 2.24) is 10.5 Å². The van der Waals surface area contributed by atoms with E-state index in [2.05, 4.69) is 20.5 Å². The number of anilines is 1. The molecule has 0 saturated carbocycles. The highest BCUT2D eigenvalue weighted by molar-refractivity contribution is 5.90. The second kappa shape index (κ2) is 6.21. The Morgan fingerprint density at radius 3 is 2.63 bits per heavy atom. The van der Waals surface area contributed by atoms with Crippen molar-refractivity contribution in [1.29, 1.82) is 0 Å². The third kappa shape index (κ3) is 4.99. The first kappa shape index (κ1) is 15.0. The number of rotatable bonds is 4. The van der Waals surface area contributed by atoms with Crippen LogP contribution in [0.25, 0.3) is 0 Å². The van der Waals surface area contributed by atoms with E-state index >= 15 is 0 Å². The molecule has 0 atom stereocenters. The van der Waals surface area contributed by atoms with Crippen LogP contribution in [-0.4, -0.2) is 30.3 Å². The summed E-state index contributed by atoms with van der Waals surface area (Å²) in [4.78, 5) is 22.5. The number of urea groups is 1. The summed E-state index contributed by atoms with van der Waals surface area (Å²) >= 11 is 0. The average Bonchev–Trinajstić information content (AvgIpc) is 2.75. The van der Waals surface area contributed by atoms with Gasteiger partial charge in [0.25, 0.3) is 0 Å². The van der Waals surface area contributed by atoms with Gasteiger partial charge in [0.2, 0.25) is 0 Å². The Bertz CT molecular complexity index is 448. The zero-order valence-electron chi connectivity index (χ0n) is 11.6.